The van der Waals surface area contributed by atoms with Crippen LogP contribution in [-0.2, 0) is 10.8 Å². The maximum atomic E-state index is 5.21. The zero-order valence-corrected chi connectivity index (χ0v) is 27.6. The summed E-state index contributed by atoms with van der Waals surface area (Å²) in [4.78, 5) is 9.90. The molecule has 48 heavy (non-hydrogen) atoms. The maximum Gasteiger partial charge on any atom is 0.0972 e. The summed E-state index contributed by atoms with van der Waals surface area (Å²) in [5, 5.41) is 4.65. The zero-order valence-electron chi connectivity index (χ0n) is 27.6. The lowest BCUT2D eigenvalue weighted by atomic mass is 9.72. The van der Waals surface area contributed by atoms with Crippen molar-refractivity contribution in [1.29, 1.82) is 0 Å². The van der Waals surface area contributed by atoms with Crippen LogP contribution in [-0.4, -0.2) is 9.97 Å². The van der Waals surface area contributed by atoms with Crippen molar-refractivity contribution in [3.05, 3.63) is 156 Å². The third-order valence-corrected chi connectivity index (χ3v) is 11.3. The van der Waals surface area contributed by atoms with E-state index in [1.807, 2.05) is 12.3 Å². The number of nitrogens with zero attached hydrogens (tertiary/aromatic N) is 2. The largest absolute Gasteiger partial charge is 0.254 e. The SMILES string of the molecule is CC1(C)c2ccccc2-c2ccc3c(c21)C(C)(C)c1cc(-c2ccc(-c4ccc5ccc6cccnc6c5n4)c4ccccc24)ccc1-3. The van der Waals surface area contributed by atoms with E-state index in [4.69, 9.17) is 9.97 Å². The smallest absolute Gasteiger partial charge is 0.0972 e. The van der Waals surface area contributed by atoms with Gasteiger partial charge in [0.05, 0.1) is 16.7 Å². The van der Waals surface area contributed by atoms with E-state index in [2.05, 4.69) is 149 Å². The molecule has 0 saturated carbocycles. The van der Waals surface area contributed by atoms with Crippen molar-refractivity contribution < 1.29 is 0 Å². The summed E-state index contributed by atoms with van der Waals surface area (Å²) in [5.41, 5.74) is 17.6. The van der Waals surface area contributed by atoms with E-state index < -0.39 is 0 Å². The third-order valence-electron chi connectivity index (χ3n) is 11.3. The van der Waals surface area contributed by atoms with Crippen LogP contribution in [0.15, 0.2) is 134 Å². The van der Waals surface area contributed by atoms with Crippen LogP contribution < -0.4 is 0 Å². The standard InChI is InChI=1S/C46H34N2/c1-45(2)38-14-8-7-13-33(38)36-22-23-37-34-19-17-29(26-39(34)46(3,4)42(37)41(36)45)30-20-21-35(32-12-6-5-11-31(30)32)40-24-18-28-16-15-27-10-9-25-47-43(27)44(28)48-40/h5-26H,1-4H3. The molecule has 0 saturated heterocycles. The molecule has 0 unspecified atom stereocenters. The van der Waals surface area contributed by atoms with Gasteiger partial charge in [0.2, 0.25) is 0 Å². The third kappa shape index (κ3) is 3.58. The fourth-order valence-corrected chi connectivity index (χ4v) is 8.99. The van der Waals surface area contributed by atoms with Gasteiger partial charge in [-0.25, -0.2) is 4.98 Å². The Bertz CT molecular complexity index is 2680. The Morgan fingerprint density at radius 2 is 1.02 bits per heavy atom. The number of fused-ring (bicyclic) bond motifs is 11. The number of hydrogen-bond donors (Lipinski definition) is 0. The highest BCUT2D eigenvalue weighted by atomic mass is 14.8. The van der Waals surface area contributed by atoms with Gasteiger partial charge in [-0.15, -0.1) is 0 Å². The Morgan fingerprint density at radius 1 is 0.438 bits per heavy atom. The molecule has 0 radical (unpaired) electrons. The molecular formula is C46H34N2. The number of aromatic nitrogens is 2. The van der Waals surface area contributed by atoms with Crippen molar-refractivity contribution >= 4 is 32.6 Å². The first kappa shape index (κ1) is 27.5. The van der Waals surface area contributed by atoms with E-state index in [1.54, 1.807) is 0 Å². The first-order chi connectivity index (χ1) is 23.3. The quantitative estimate of drug-likeness (QED) is 0.181. The second-order valence-electron chi connectivity index (χ2n) is 14.6. The monoisotopic (exact) mass is 614 g/mol. The molecule has 10 rings (SSSR count). The molecule has 0 fully saturated rings. The van der Waals surface area contributed by atoms with Gasteiger partial charge in [0, 0.05) is 33.4 Å². The molecular weight excluding hydrogens is 581 g/mol. The van der Waals surface area contributed by atoms with Gasteiger partial charge in [-0.05, 0) is 84.6 Å². The minimum Gasteiger partial charge on any atom is -0.254 e. The van der Waals surface area contributed by atoms with E-state index in [0.717, 1.165) is 33.1 Å². The lowest BCUT2D eigenvalue weighted by molar-refractivity contribution is 0.601. The van der Waals surface area contributed by atoms with Crippen LogP contribution in [0.5, 0.6) is 0 Å². The minimum absolute atomic E-state index is 0.0510. The van der Waals surface area contributed by atoms with E-state index in [9.17, 15) is 0 Å². The molecule has 0 amide bonds. The normalized spacial score (nSPS) is 15.0. The number of pyridine rings is 2. The Hall–Kier alpha value is -5.60. The van der Waals surface area contributed by atoms with Gasteiger partial charge in [-0.3, -0.25) is 4.98 Å². The van der Waals surface area contributed by atoms with Crippen molar-refractivity contribution in [3.8, 4) is 44.6 Å². The van der Waals surface area contributed by atoms with Crippen molar-refractivity contribution in [3.63, 3.8) is 0 Å². The molecule has 0 aliphatic heterocycles. The minimum atomic E-state index is -0.132. The van der Waals surface area contributed by atoms with E-state index >= 15 is 0 Å². The molecule has 6 aromatic carbocycles. The van der Waals surface area contributed by atoms with Crippen molar-refractivity contribution in [1.82, 2.24) is 9.97 Å². The Balaban J connectivity index is 1.12. The summed E-state index contributed by atoms with van der Waals surface area (Å²) in [7, 11) is 0. The van der Waals surface area contributed by atoms with Crippen molar-refractivity contribution in [2.45, 2.75) is 38.5 Å². The summed E-state index contributed by atoms with van der Waals surface area (Å²) in [6.45, 7) is 9.65. The van der Waals surface area contributed by atoms with Gasteiger partial charge >= 0.3 is 0 Å². The van der Waals surface area contributed by atoms with Crippen LogP contribution in [0.2, 0.25) is 0 Å². The summed E-state index contributed by atoms with van der Waals surface area (Å²) in [6, 6.07) is 46.8. The Labute approximate surface area is 280 Å². The van der Waals surface area contributed by atoms with Crippen LogP contribution >= 0.6 is 0 Å². The number of benzene rings is 6. The predicted octanol–water partition coefficient (Wildman–Crippen LogP) is 11.9. The molecule has 0 N–H and O–H groups in total. The summed E-state index contributed by atoms with van der Waals surface area (Å²) in [6.07, 6.45) is 1.85. The van der Waals surface area contributed by atoms with Gasteiger partial charge in [-0.2, -0.15) is 0 Å². The summed E-state index contributed by atoms with van der Waals surface area (Å²) in [5.74, 6) is 0. The van der Waals surface area contributed by atoms with Gasteiger partial charge in [0.15, 0.2) is 0 Å². The molecule has 0 bridgehead atoms. The Morgan fingerprint density at radius 3 is 1.81 bits per heavy atom. The van der Waals surface area contributed by atoms with Crippen LogP contribution in [0.1, 0.15) is 49.9 Å². The average Bonchev–Trinajstić information content (AvgIpc) is 3.50. The highest BCUT2D eigenvalue weighted by Gasteiger charge is 2.45. The predicted molar refractivity (Wildman–Crippen MR) is 201 cm³/mol. The molecule has 8 aromatic rings. The van der Waals surface area contributed by atoms with E-state index in [0.29, 0.717) is 0 Å². The highest BCUT2D eigenvalue weighted by molar-refractivity contribution is 6.07. The fourth-order valence-electron chi connectivity index (χ4n) is 8.99. The van der Waals surface area contributed by atoms with Gasteiger partial charge < -0.3 is 0 Å². The van der Waals surface area contributed by atoms with Gasteiger partial charge in [0.1, 0.15) is 0 Å². The van der Waals surface area contributed by atoms with Crippen molar-refractivity contribution in [2.24, 2.45) is 0 Å². The molecule has 0 atom stereocenters. The molecule has 228 valence electrons. The number of rotatable bonds is 2. The molecule has 2 aromatic heterocycles. The van der Waals surface area contributed by atoms with Crippen LogP contribution in [0.25, 0.3) is 77.2 Å². The Kier molecular flexibility index (Phi) is 5.44. The number of hydrogen-bond acceptors (Lipinski definition) is 2. The molecule has 2 heterocycles. The van der Waals surface area contributed by atoms with Gasteiger partial charge in [0.25, 0.3) is 0 Å². The highest BCUT2D eigenvalue weighted by Crippen LogP contribution is 2.59. The summed E-state index contributed by atoms with van der Waals surface area (Å²) >= 11 is 0. The van der Waals surface area contributed by atoms with Gasteiger partial charge in [-0.1, -0.05) is 137 Å². The molecule has 0 spiro atoms. The van der Waals surface area contributed by atoms with E-state index in [1.165, 1.54) is 66.4 Å². The topological polar surface area (TPSA) is 25.8 Å². The van der Waals surface area contributed by atoms with Crippen LogP contribution in [0, 0.1) is 0 Å². The fraction of sp³-hybridized carbons (Fsp3) is 0.130. The van der Waals surface area contributed by atoms with E-state index in [-0.39, 0.29) is 10.8 Å². The lowest BCUT2D eigenvalue weighted by Crippen LogP contribution is -2.24. The maximum absolute atomic E-state index is 5.21. The summed E-state index contributed by atoms with van der Waals surface area (Å²) < 4.78 is 0. The molecule has 2 heteroatoms. The van der Waals surface area contributed by atoms with Crippen LogP contribution in [0.3, 0.4) is 0 Å². The lowest BCUT2D eigenvalue weighted by Gasteiger charge is -2.30. The first-order valence-electron chi connectivity index (χ1n) is 16.9. The average molecular weight is 615 g/mol. The van der Waals surface area contributed by atoms with Crippen LogP contribution in [0.4, 0.5) is 0 Å². The second-order valence-corrected chi connectivity index (χ2v) is 14.6. The molecule has 2 aliphatic rings. The zero-order chi connectivity index (χ0) is 32.4. The van der Waals surface area contributed by atoms with Crippen molar-refractivity contribution in [2.75, 3.05) is 0 Å². The first-order valence-corrected chi connectivity index (χ1v) is 16.9. The molecule has 2 aliphatic carbocycles. The molecule has 2 nitrogen and oxygen atoms in total. The second kappa shape index (κ2) is 9.49.